The Morgan fingerprint density at radius 3 is 2.00 bits per heavy atom. The lowest BCUT2D eigenvalue weighted by Gasteiger charge is -2.43. The van der Waals surface area contributed by atoms with E-state index < -0.39 is 30.5 Å². The van der Waals surface area contributed by atoms with Crippen molar-refractivity contribution in [1.29, 1.82) is 0 Å². The van der Waals surface area contributed by atoms with Gasteiger partial charge in [0.05, 0.1) is 18.8 Å². The number of carbonyl (C=O) groups excluding carboxylic acids is 1. The van der Waals surface area contributed by atoms with E-state index in [1.807, 2.05) is 19.9 Å². The van der Waals surface area contributed by atoms with E-state index in [4.69, 9.17) is 32.5 Å². The van der Waals surface area contributed by atoms with E-state index in [1.165, 1.54) is 10.4 Å². The van der Waals surface area contributed by atoms with Gasteiger partial charge in [-0.3, -0.25) is 0 Å². The van der Waals surface area contributed by atoms with Crippen molar-refractivity contribution in [1.82, 2.24) is 0 Å². The summed E-state index contributed by atoms with van der Waals surface area (Å²) in [6.45, 7) is 32.4. The molecule has 1 aliphatic heterocycles. The van der Waals surface area contributed by atoms with Crippen molar-refractivity contribution in [3.8, 4) is 5.75 Å². The lowest BCUT2D eigenvalue weighted by molar-refractivity contribution is -0.152. The molecule has 0 aromatic heterocycles. The van der Waals surface area contributed by atoms with Crippen molar-refractivity contribution in [3.05, 3.63) is 102 Å². The molecule has 356 valence electrons. The van der Waals surface area contributed by atoms with Crippen LogP contribution in [0.5, 0.6) is 5.75 Å². The monoisotopic (exact) mass is 933 g/mol. The second kappa shape index (κ2) is 23.2. The van der Waals surface area contributed by atoms with Crippen LogP contribution in [0, 0.1) is 0 Å². The van der Waals surface area contributed by atoms with Crippen LogP contribution in [0.4, 0.5) is 0 Å². The lowest BCUT2D eigenvalue weighted by atomic mass is 9.94. The summed E-state index contributed by atoms with van der Waals surface area (Å²) < 4.78 is 45.4. The Hall–Kier alpha value is -2.88. The van der Waals surface area contributed by atoms with Gasteiger partial charge in [-0.15, -0.1) is 0 Å². The molecule has 0 bridgehead atoms. The van der Waals surface area contributed by atoms with Crippen molar-refractivity contribution in [2.24, 2.45) is 0 Å². The van der Waals surface area contributed by atoms with E-state index in [-0.39, 0.29) is 41.2 Å². The van der Waals surface area contributed by atoms with Crippen molar-refractivity contribution >= 4 is 41.1 Å². The van der Waals surface area contributed by atoms with Crippen LogP contribution in [0.25, 0.3) is 0 Å². The Balaban J connectivity index is 1.62. The van der Waals surface area contributed by atoms with Crippen LogP contribution in [-0.2, 0) is 40.6 Å². The highest BCUT2D eigenvalue weighted by Crippen LogP contribution is 2.42. The Bertz CT molecular complexity index is 1870. The summed E-state index contributed by atoms with van der Waals surface area (Å²) in [6.07, 6.45) is 9.41. The third-order valence-corrected chi connectivity index (χ3v) is 24.0. The first-order valence-electron chi connectivity index (χ1n) is 23.8. The minimum Gasteiger partial charge on any atom is -0.467 e. The van der Waals surface area contributed by atoms with E-state index in [1.54, 1.807) is 7.11 Å². The fraction of sp³-hybridized carbons (Fsp3) is 0.604. The molecule has 11 heteroatoms. The standard InChI is InChI=1S/C53H84O8Si3/c1-16-17-27-41-38-42(48(47(39-41)57-40-55-10)50(54)56-36-37-62(11,12)13)28-26-34-45-49(60-53(8,9)59-45)46(61-63(14,15)51(2,3)4)33-24-25-35-58-64(52(5,6)7,43-29-20-18-21-30-43)44-31-22-19-23-32-44/h18-24,29-33,38-39,45-46,49H,16-17,25-28,34-37,40H2,1-15H3/b33-24-/t45-,46?,49-/m0/s1. The van der Waals surface area contributed by atoms with Gasteiger partial charge >= 0.3 is 5.97 Å². The Kier molecular flexibility index (Phi) is 19.5. The van der Waals surface area contributed by atoms with Crippen LogP contribution in [0.3, 0.4) is 0 Å². The topological polar surface area (TPSA) is 81.7 Å². The summed E-state index contributed by atoms with van der Waals surface area (Å²) in [6, 6.07) is 26.7. The predicted molar refractivity (Wildman–Crippen MR) is 272 cm³/mol. The summed E-state index contributed by atoms with van der Waals surface area (Å²) in [4.78, 5) is 13.9. The average Bonchev–Trinajstić information content (AvgIpc) is 3.52. The molecule has 1 fully saturated rings. The fourth-order valence-electron chi connectivity index (χ4n) is 8.31. The second-order valence-electron chi connectivity index (χ2n) is 21.8. The molecule has 0 N–H and O–H groups in total. The van der Waals surface area contributed by atoms with Crippen LogP contribution >= 0.6 is 0 Å². The molecule has 0 spiro atoms. The van der Waals surface area contributed by atoms with Gasteiger partial charge in [0.25, 0.3) is 8.32 Å². The summed E-state index contributed by atoms with van der Waals surface area (Å²) >= 11 is 0. The molecule has 0 amide bonds. The summed E-state index contributed by atoms with van der Waals surface area (Å²) in [5.41, 5.74) is 2.57. The van der Waals surface area contributed by atoms with Gasteiger partial charge in [-0.25, -0.2) is 4.79 Å². The zero-order valence-electron chi connectivity index (χ0n) is 42.4. The maximum Gasteiger partial charge on any atom is 0.342 e. The molecule has 4 rings (SSSR count). The van der Waals surface area contributed by atoms with Crippen molar-refractivity contribution in [2.45, 2.75) is 180 Å². The lowest BCUT2D eigenvalue weighted by Crippen LogP contribution is -2.66. The van der Waals surface area contributed by atoms with E-state index >= 15 is 0 Å². The number of hydrogen-bond acceptors (Lipinski definition) is 8. The van der Waals surface area contributed by atoms with Gasteiger partial charge in [0, 0.05) is 21.8 Å². The first kappa shape index (κ1) is 53.7. The largest absolute Gasteiger partial charge is 0.467 e. The molecule has 8 nitrogen and oxygen atoms in total. The molecule has 0 saturated carbocycles. The first-order valence-corrected chi connectivity index (χ1v) is 32.4. The van der Waals surface area contributed by atoms with Crippen LogP contribution in [0.2, 0.25) is 48.9 Å². The van der Waals surface area contributed by atoms with Gasteiger partial charge in [0.2, 0.25) is 0 Å². The van der Waals surface area contributed by atoms with Crippen LogP contribution in [0.1, 0.15) is 116 Å². The van der Waals surface area contributed by atoms with Gasteiger partial charge in [-0.2, -0.15) is 0 Å². The van der Waals surface area contributed by atoms with Gasteiger partial charge in [-0.05, 0) is 109 Å². The van der Waals surface area contributed by atoms with Gasteiger partial charge in [-0.1, -0.05) is 153 Å². The van der Waals surface area contributed by atoms with Gasteiger partial charge < -0.3 is 32.5 Å². The SMILES string of the molecule is CCCCc1cc(CCC[C@@H]2OC(C)(C)O[C@@H]2C(/C=C\CCO[Si](c2ccccc2)(c2ccccc2)C(C)(C)C)O[Si](C)(C)C(C)(C)C)c(C(=O)OCC[Si](C)(C)C)c(OCOC)c1. The molecule has 0 aliphatic carbocycles. The zero-order valence-corrected chi connectivity index (χ0v) is 45.4. The summed E-state index contributed by atoms with van der Waals surface area (Å²) in [5, 5.41) is 2.43. The predicted octanol–water partition coefficient (Wildman–Crippen LogP) is 12.3. The third-order valence-electron chi connectivity index (χ3n) is 12.7. The molecule has 1 aliphatic rings. The highest BCUT2D eigenvalue weighted by Gasteiger charge is 2.50. The maximum atomic E-state index is 13.9. The minimum absolute atomic E-state index is 0.0125. The highest BCUT2D eigenvalue weighted by atomic mass is 28.4. The molecular formula is C53H84O8Si3. The molecule has 3 atom stereocenters. The molecule has 1 saturated heterocycles. The number of carbonyl (C=O) groups is 1. The second-order valence-corrected chi connectivity index (χ2v) is 36.5. The first-order chi connectivity index (χ1) is 29.9. The number of ether oxygens (including phenoxy) is 5. The average molecular weight is 934 g/mol. The number of aryl methyl sites for hydroxylation is 2. The number of benzene rings is 3. The molecule has 1 unspecified atom stereocenters. The Morgan fingerprint density at radius 1 is 0.828 bits per heavy atom. The molecule has 64 heavy (non-hydrogen) atoms. The Morgan fingerprint density at radius 2 is 1.45 bits per heavy atom. The molecule has 3 aromatic rings. The number of methoxy groups -OCH3 is 1. The molecular weight excluding hydrogens is 849 g/mol. The van der Waals surface area contributed by atoms with Crippen molar-refractivity contribution in [2.75, 3.05) is 27.1 Å². The number of hydrogen-bond donors (Lipinski definition) is 0. The number of esters is 1. The number of unbranched alkanes of at least 4 members (excludes halogenated alkanes) is 1. The van der Waals surface area contributed by atoms with Crippen LogP contribution < -0.4 is 15.1 Å². The summed E-state index contributed by atoms with van der Waals surface area (Å²) in [5.74, 6) is -0.612. The third kappa shape index (κ3) is 14.8. The van der Waals surface area contributed by atoms with E-state index in [0.29, 0.717) is 37.4 Å². The fourth-order valence-corrected chi connectivity index (χ4v) is 14.9. The highest BCUT2D eigenvalue weighted by molar-refractivity contribution is 6.99. The molecule has 3 aromatic carbocycles. The van der Waals surface area contributed by atoms with Gasteiger partial charge in [0.1, 0.15) is 17.4 Å². The van der Waals surface area contributed by atoms with E-state index in [0.717, 1.165) is 49.3 Å². The van der Waals surface area contributed by atoms with E-state index in [9.17, 15) is 4.79 Å². The van der Waals surface area contributed by atoms with Crippen molar-refractivity contribution < 1.29 is 37.3 Å². The van der Waals surface area contributed by atoms with Crippen molar-refractivity contribution in [3.63, 3.8) is 0 Å². The smallest absolute Gasteiger partial charge is 0.342 e. The normalized spacial score (nSPS) is 17.8. The number of rotatable bonds is 24. The van der Waals surface area contributed by atoms with Crippen LogP contribution in [0.15, 0.2) is 84.9 Å². The maximum absolute atomic E-state index is 13.9. The molecule has 0 radical (unpaired) electrons. The summed E-state index contributed by atoms with van der Waals surface area (Å²) in [7, 11) is -4.77. The van der Waals surface area contributed by atoms with Gasteiger partial charge in [0.15, 0.2) is 20.9 Å². The minimum atomic E-state index is -2.68. The van der Waals surface area contributed by atoms with Crippen LogP contribution in [-0.4, -0.2) is 81.9 Å². The zero-order chi connectivity index (χ0) is 47.4. The Labute approximate surface area is 391 Å². The quantitative estimate of drug-likeness (QED) is 0.0289. The van der Waals surface area contributed by atoms with E-state index in [2.05, 4.69) is 160 Å². The molecule has 1 heterocycles.